The molecule has 4 nitrogen and oxygen atoms in total. The summed E-state index contributed by atoms with van der Waals surface area (Å²) in [6, 6.07) is 0. The van der Waals surface area contributed by atoms with Gasteiger partial charge in [0.25, 0.3) is 0 Å². The Morgan fingerprint density at radius 1 is 1.79 bits per heavy atom. The maximum Gasteiger partial charge on any atom is 0.241 e. The van der Waals surface area contributed by atoms with Crippen LogP contribution in [0, 0.1) is 12.3 Å². The van der Waals surface area contributed by atoms with Crippen molar-refractivity contribution in [2.45, 2.75) is 5.16 Å². The summed E-state index contributed by atoms with van der Waals surface area (Å²) in [4.78, 5) is 14.9. The number of aromatic nitrogens is 2. The Bertz CT molecular complexity index is 360. The van der Waals surface area contributed by atoms with E-state index in [1.54, 1.807) is 0 Å². The van der Waals surface area contributed by atoms with Crippen molar-refractivity contribution in [1.82, 2.24) is 9.36 Å². The number of rotatable bonds is 4. The van der Waals surface area contributed by atoms with Gasteiger partial charge in [0, 0.05) is 11.5 Å². The number of amides is 1. The lowest BCUT2D eigenvalue weighted by Gasteiger charge is -1.93. The molecule has 0 aromatic carbocycles. The van der Waals surface area contributed by atoms with Crippen LogP contribution in [0.4, 0.5) is 5.13 Å². The minimum absolute atomic E-state index is 0.0909. The minimum Gasteiger partial charge on any atom is -0.300 e. The molecular weight excluding hydrogens is 242 g/mol. The molecule has 0 unspecified atom stereocenters. The number of halogens is 1. The molecule has 1 rings (SSSR count). The monoisotopic (exact) mass is 247 g/mol. The van der Waals surface area contributed by atoms with Crippen LogP contribution in [0.5, 0.6) is 0 Å². The molecule has 1 heterocycles. The van der Waals surface area contributed by atoms with Crippen molar-refractivity contribution < 1.29 is 4.79 Å². The third-order valence-electron chi connectivity index (χ3n) is 1.06. The highest BCUT2D eigenvalue weighted by molar-refractivity contribution is 7.99. The SMILES string of the molecule is C#CCSc1nsc(NC(=O)CCl)n1. The number of carbonyl (C=O) groups is 1. The van der Waals surface area contributed by atoms with Gasteiger partial charge in [-0.1, -0.05) is 17.7 Å². The fraction of sp³-hybridized carbons (Fsp3) is 0.286. The largest absolute Gasteiger partial charge is 0.300 e. The zero-order valence-corrected chi connectivity index (χ0v) is 9.38. The van der Waals surface area contributed by atoms with Gasteiger partial charge in [-0.05, 0) is 0 Å². The highest BCUT2D eigenvalue weighted by Crippen LogP contribution is 2.19. The van der Waals surface area contributed by atoms with Crippen molar-refractivity contribution >= 4 is 45.9 Å². The molecule has 1 N–H and O–H groups in total. The van der Waals surface area contributed by atoms with Crippen molar-refractivity contribution in [1.29, 1.82) is 0 Å². The molecule has 1 aromatic heterocycles. The second-order valence-corrected chi connectivity index (χ2v) is 4.02. The summed E-state index contributed by atoms with van der Waals surface area (Å²) in [5.74, 6) is 2.58. The zero-order valence-electron chi connectivity index (χ0n) is 6.99. The predicted octanol–water partition coefficient (Wildman–Crippen LogP) is 1.44. The molecule has 0 saturated heterocycles. The van der Waals surface area contributed by atoms with Gasteiger partial charge >= 0.3 is 0 Å². The number of carbonyl (C=O) groups excluding carboxylic acids is 1. The van der Waals surface area contributed by atoms with Gasteiger partial charge in [-0.15, -0.1) is 18.0 Å². The van der Waals surface area contributed by atoms with Gasteiger partial charge < -0.3 is 0 Å². The average molecular weight is 248 g/mol. The molecule has 0 spiro atoms. The molecular formula is C7H6ClN3OS2. The molecule has 0 fully saturated rings. The number of thioether (sulfide) groups is 1. The van der Waals surface area contributed by atoms with Crippen molar-refractivity contribution in [3.8, 4) is 12.3 Å². The van der Waals surface area contributed by atoms with E-state index in [0.29, 0.717) is 16.0 Å². The lowest BCUT2D eigenvalue weighted by atomic mass is 10.7. The van der Waals surface area contributed by atoms with Crippen LogP contribution in [-0.4, -0.2) is 26.9 Å². The molecule has 1 aromatic rings. The van der Waals surface area contributed by atoms with Gasteiger partial charge in [0.1, 0.15) is 5.88 Å². The standard InChI is InChI=1S/C7H6ClN3OS2/c1-2-3-13-7-10-6(14-11-7)9-5(12)4-8/h1H,3-4H2,(H,9,10,11,12). The Morgan fingerprint density at radius 3 is 3.21 bits per heavy atom. The van der Waals surface area contributed by atoms with Crippen LogP contribution in [0.1, 0.15) is 0 Å². The van der Waals surface area contributed by atoms with Crippen LogP contribution in [0.25, 0.3) is 0 Å². The van der Waals surface area contributed by atoms with E-state index in [4.69, 9.17) is 18.0 Å². The number of nitrogens with one attached hydrogen (secondary N) is 1. The summed E-state index contributed by atoms with van der Waals surface area (Å²) >= 11 is 7.75. The predicted molar refractivity (Wildman–Crippen MR) is 58.8 cm³/mol. The molecule has 0 aliphatic carbocycles. The molecule has 0 atom stereocenters. The lowest BCUT2D eigenvalue weighted by Crippen LogP contribution is -2.12. The first-order valence-electron chi connectivity index (χ1n) is 3.52. The summed E-state index contributed by atoms with van der Waals surface area (Å²) in [6.07, 6.45) is 5.08. The number of terminal acetylenes is 1. The number of alkyl halides is 1. The fourth-order valence-electron chi connectivity index (χ4n) is 0.578. The molecule has 1 amide bonds. The van der Waals surface area contributed by atoms with Crippen LogP contribution in [0.3, 0.4) is 0 Å². The molecule has 0 bridgehead atoms. The number of anilines is 1. The number of nitrogens with zero attached hydrogens (tertiary/aromatic N) is 2. The van der Waals surface area contributed by atoms with Crippen LogP contribution >= 0.6 is 34.9 Å². The molecule has 14 heavy (non-hydrogen) atoms. The Morgan fingerprint density at radius 2 is 2.57 bits per heavy atom. The van der Waals surface area contributed by atoms with Gasteiger partial charge in [0.05, 0.1) is 5.75 Å². The third kappa shape index (κ3) is 3.54. The smallest absolute Gasteiger partial charge is 0.241 e. The van der Waals surface area contributed by atoms with E-state index in [0.717, 1.165) is 11.5 Å². The second kappa shape index (κ2) is 5.86. The van der Waals surface area contributed by atoms with Crippen molar-refractivity contribution in [3.05, 3.63) is 0 Å². The molecule has 0 aliphatic heterocycles. The van der Waals surface area contributed by atoms with Crippen molar-refractivity contribution in [2.24, 2.45) is 0 Å². The van der Waals surface area contributed by atoms with Gasteiger partial charge in [-0.25, -0.2) is 0 Å². The van der Waals surface area contributed by atoms with Crippen LogP contribution < -0.4 is 5.32 Å². The van der Waals surface area contributed by atoms with Crippen molar-refractivity contribution in [3.63, 3.8) is 0 Å². The first-order chi connectivity index (χ1) is 6.76. The Labute approximate surface area is 94.6 Å². The highest BCUT2D eigenvalue weighted by Gasteiger charge is 2.06. The molecule has 7 heteroatoms. The lowest BCUT2D eigenvalue weighted by molar-refractivity contribution is -0.113. The van der Waals surface area contributed by atoms with Gasteiger partial charge in [0.2, 0.25) is 16.2 Å². The normalized spacial score (nSPS) is 9.43. The van der Waals surface area contributed by atoms with E-state index in [2.05, 4.69) is 20.6 Å². The maximum absolute atomic E-state index is 10.9. The summed E-state index contributed by atoms with van der Waals surface area (Å²) in [6.45, 7) is 0. The van der Waals surface area contributed by atoms with Crippen molar-refractivity contribution in [2.75, 3.05) is 16.9 Å². The first kappa shape index (κ1) is 11.3. The zero-order chi connectivity index (χ0) is 10.4. The van der Waals surface area contributed by atoms with Crippen LogP contribution in [0.2, 0.25) is 0 Å². The van der Waals surface area contributed by atoms with E-state index in [9.17, 15) is 4.79 Å². The van der Waals surface area contributed by atoms with E-state index in [-0.39, 0.29) is 11.8 Å². The fourth-order valence-corrected chi connectivity index (χ4v) is 1.89. The topological polar surface area (TPSA) is 54.9 Å². The first-order valence-corrected chi connectivity index (χ1v) is 5.81. The molecule has 0 aliphatic rings. The Balaban J connectivity index is 2.51. The quantitative estimate of drug-likeness (QED) is 0.497. The number of hydrogen-bond donors (Lipinski definition) is 1. The third-order valence-corrected chi connectivity index (χ3v) is 2.80. The van der Waals surface area contributed by atoms with Crippen LogP contribution in [0.15, 0.2) is 5.16 Å². The van der Waals surface area contributed by atoms with E-state index in [1.807, 2.05) is 0 Å². The summed E-state index contributed by atoms with van der Waals surface area (Å²) in [7, 11) is 0. The highest BCUT2D eigenvalue weighted by atomic mass is 35.5. The molecule has 0 saturated carbocycles. The molecule has 0 radical (unpaired) electrons. The van der Waals surface area contributed by atoms with Crippen LogP contribution in [-0.2, 0) is 4.79 Å². The summed E-state index contributed by atoms with van der Waals surface area (Å²) < 4.78 is 3.98. The number of hydrogen-bond acceptors (Lipinski definition) is 5. The Kier molecular flexibility index (Phi) is 4.73. The summed E-state index contributed by atoms with van der Waals surface area (Å²) in [5.41, 5.74) is 0. The van der Waals surface area contributed by atoms with E-state index >= 15 is 0 Å². The van der Waals surface area contributed by atoms with E-state index in [1.165, 1.54) is 11.8 Å². The second-order valence-electron chi connectivity index (χ2n) is 2.06. The minimum atomic E-state index is -0.295. The van der Waals surface area contributed by atoms with Gasteiger partial charge in [-0.3, -0.25) is 10.1 Å². The van der Waals surface area contributed by atoms with Gasteiger partial charge in [-0.2, -0.15) is 9.36 Å². The van der Waals surface area contributed by atoms with Gasteiger partial charge in [0.15, 0.2) is 0 Å². The summed E-state index contributed by atoms with van der Waals surface area (Å²) in [5, 5.41) is 3.50. The molecule has 74 valence electrons. The Hall–Kier alpha value is -0.770. The average Bonchev–Trinajstić information content (AvgIpc) is 2.62. The maximum atomic E-state index is 10.9. The van der Waals surface area contributed by atoms with E-state index < -0.39 is 0 Å².